The minimum atomic E-state index is -4.89. The van der Waals surface area contributed by atoms with E-state index in [0.717, 1.165) is 18.2 Å². The Hall–Kier alpha value is -2.31. The molecule has 1 aromatic carbocycles. The van der Waals surface area contributed by atoms with E-state index in [1.807, 2.05) is 25.1 Å². The van der Waals surface area contributed by atoms with Crippen LogP contribution in [0.4, 0.5) is 18.9 Å². The van der Waals surface area contributed by atoms with Crippen molar-refractivity contribution in [2.45, 2.75) is 38.4 Å². The van der Waals surface area contributed by atoms with E-state index < -0.39 is 18.0 Å². The number of rotatable bonds is 5. The van der Waals surface area contributed by atoms with Gasteiger partial charge in [0.15, 0.2) is 0 Å². The maximum Gasteiger partial charge on any atom is 0.454 e. The maximum absolute atomic E-state index is 12.4. The van der Waals surface area contributed by atoms with Crippen LogP contribution < -0.4 is 5.32 Å². The highest BCUT2D eigenvalue weighted by molar-refractivity contribution is 5.96. The zero-order valence-electron chi connectivity index (χ0n) is 13.3. The molecular formula is C17H19F3N2O2. The van der Waals surface area contributed by atoms with Crippen LogP contribution >= 0.6 is 0 Å². The normalized spacial score (nSPS) is 18.2. The fraction of sp³-hybridized carbons (Fsp3) is 0.412. The summed E-state index contributed by atoms with van der Waals surface area (Å²) < 4.78 is 36.8. The van der Waals surface area contributed by atoms with Crippen molar-refractivity contribution in [2.75, 3.05) is 11.9 Å². The average molecular weight is 340 g/mol. The quantitative estimate of drug-likeness (QED) is 0.837. The molecule has 0 radical (unpaired) electrons. The van der Waals surface area contributed by atoms with Gasteiger partial charge in [-0.25, -0.2) is 0 Å². The van der Waals surface area contributed by atoms with Gasteiger partial charge in [-0.3, -0.25) is 9.59 Å². The van der Waals surface area contributed by atoms with Gasteiger partial charge in [-0.15, -0.1) is 0 Å². The van der Waals surface area contributed by atoms with Crippen molar-refractivity contribution >= 4 is 17.4 Å². The van der Waals surface area contributed by atoms with Gasteiger partial charge in [-0.1, -0.05) is 25.1 Å². The maximum atomic E-state index is 12.4. The summed E-state index contributed by atoms with van der Waals surface area (Å²) in [7, 11) is 0. The molecule has 4 nitrogen and oxygen atoms in total. The van der Waals surface area contributed by atoms with Crippen molar-refractivity contribution in [1.29, 1.82) is 0 Å². The molecule has 0 spiro atoms. The van der Waals surface area contributed by atoms with Crippen molar-refractivity contribution in [1.82, 2.24) is 4.90 Å². The van der Waals surface area contributed by atoms with Crippen LogP contribution in [0.5, 0.6) is 0 Å². The van der Waals surface area contributed by atoms with E-state index in [9.17, 15) is 22.8 Å². The molecule has 1 aliphatic heterocycles. The van der Waals surface area contributed by atoms with E-state index in [4.69, 9.17) is 0 Å². The Labute approximate surface area is 138 Å². The van der Waals surface area contributed by atoms with Gasteiger partial charge in [0, 0.05) is 24.5 Å². The van der Waals surface area contributed by atoms with Crippen LogP contribution in [0.25, 0.3) is 0 Å². The van der Waals surface area contributed by atoms with Gasteiger partial charge in [0.2, 0.25) is 5.91 Å². The van der Waals surface area contributed by atoms with E-state index in [1.54, 1.807) is 6.07 Å². The second-order valence-corrected chi connectivity index (χ2v) is 5.57. The van der Waals surface area contributed by atoms with Gasteiger partial charge in [0.1, 0.15) is 6.04 Å². The summed E-state index contributed by atoms with van der Waals surface area (Å²) in [6.07, 6.45) is -1.38. The number of hydrogen-bond donors (Lipinski definition) is 1. The fourth-order valence-corrected chi connectivity index (χ4v) is 2.67. The molecule has 1 saturated heterocycles. The number of aryl methyl sites for hydroxylation is 1. The van der Waals surface area contributed by atoms with E-state index in [0.29, 0.717) is 31.1 Å². The molecule has 1 aliphatic rings. The molecular weight excluding hydrogens is 321 g/mol. The number of alkyl halides is 3. The van der Waals surface area contributed by atoms with Crippen LogP contribution in [0, 0.1) is 0 Å². The second kappa shape index (κ2) is 7.51. The molecule has 1 heterocycles. The molecule has 0 aromatic heterocycles. The topological polar surface area (TPSA) is 49.4 Å². The number of ketones is 1. The van der Waals surface area contributed by atoms with Crippen molar-refractivity contribution in [3.05, 3.63) is 42.1 Å². The van der Waals surface area contributed by atoms with E-state index in [2.05, 4.69) is 5.32 Å². The lowest BCUT2D eigenvalue weighted by Gasteiger charge is -2.22. The summed E-state index contributed by atoms with van der Waals surface area (Å²) in [5.74, 6) is -2.21. The molecule has 1 amide bonds. The third-order valence-corrected chi connectivity index (χ3v) is 3.95. The third kappa shape index (κ3) is 4.37. The first-order chi connectivity index (χ1) is 11.3. The summed E-state index contributed by atoms with van der Waals surface area (Å²) >= 11 is 0. The number of allylic oxidation sites excluding steroid dienone is 1. The summed E-state index contributed by atoms with van der Waals surface area (Å²) in [5, 5.41) is 2.83. The first-order valence-corrected chi connectivity index (χ1v) is 7.76. The number of benzene rings is 1. The number of hydrogen-bond acceptors (Lipinski definition) is 3. The molecule has 0 aliphatic carbocycles. The predicted octanol–water partition coefficient (Wildman–Crippen LogP) is 3.30. The first-order valence-electron chi connectivity index (χ1n) is 7.76. The Morgan fingerprint density at radius 1 is 1.33 bits per heavy atom. The van der Waals surface area contributed by atoms with Crippen LogP contribution in [-0.4, -0.2) is 35.4 Å². The van der Waals surface area contributed by atoms with Gasteiger partial charge in [0.25, 0.3) is 5.78 Å². The van der Waals surface area contributed by atoms with Crippen LogP contribution in [-0.2, 0) is 16.0 Å². The fourth-order valence-electron chi connectivity index (χ4n) is 2.67. The molecule has 1 atom stereocenters. The number of halogens is 3. The molecule has 1 fully saturated rings. The Morgan fingerprint density at radius 2 is 2.04 bits per heavy atom. The largest absolute Gasteiger partial charge is 0.454 e. The lowest BCUT2D eigenvalue weighted by atomic mass is 10.1. The number of carbonyl (C=O) groups excluding carboxylic acids is 2. The number of anilines is 1. The molecule has 7 heteroatoms. The summed E-state index contributed by atoms with van der Waals surface area (Å²) in [4.78, 5) is 24.9. The highest BCUT2D eigenvalue weighted by atomic mass is 19.4. The van der Waals surface area contributed by atoms with Crippen LogP contribution in [0.1, 0.15) is 25.3 Å². The van der Waals surface area contributed by atoms with Crippen LogP contribution in [0.15, 0.2) is 36.5 Å². The molecule has 0 saturated carbocycles. The zero-order chi connectivity index (χ0) is 17.7. The highest BCUT2D eigenvalue weighted by Crippen LogP contribution is 2.22. The molecule has 130 valence electrons. The number of likely N-dealkylation sites (tertiary alicyclic amines) is 1. The summed E-state index contributed by atoms with van der Waals surface area (Å²) in [6, 6.07) is 6.81. The molecule has 0 bridgehead atoms. The number of nitrogens with zero attached hydrogens (tertiary/aromatic N) is 1. The van der Waals surface area contributed by atoms with Gasteiger partial charge in [-0.05, 0) is 30.9 Å². The lowest BCUT2D eigenvalue weighted by molar-refractivity contribution is -0.165. The Balaban J connectivity index is 2.06. The lowest BCUT2D eigenvalue weighted by Crippen LogP contribution is -2.37. The summed E-state index contributed by atoms with van der Waals surface area (Å²) in [5.41, 5.74) is 1.69. The Morgan fingerprint density at radius 3 is 2.71 bits per heavy atom. The third-order valence-electron chi connectivity index (χ3n) is 3.95. The minimum absolute atomic E-state index is 0.280. The Bertz CT molecular complexity index is 641. The van der Waals surface area contributed by atoms with Crippen molar-refractivity contribution in [2.24, 2.45) is 0 Å². The van der Waals surface area contributed by atoms with Crippen molar-refractivity contribution in [3.63, 3.8) is 0 Å². The smallest absolute Gasteiger partial charge is 0.365 e. The van der Waals surface area contributed by atoms with Crippen LogP contribution in [0.2, 0.25) is 0 Å². The van der Waals surface area contributed by atoms with Crippen molar-refractivity contribution in [3.8, 4) is 0 Å². The Kier molecular flexibility index (Phi) is 5.64. The summed E-state index contributed by atoms with van der Waals surface area (Å²) in [6.45, 7) is 2.41. The number of carbonyl (C=O) groups is 2. The predicted molar refractivity (Wildman–Crippen MR) is 84.4 cm³/mol. The van der Waals surface area contributed by atoms with E-state index in [-0.39, 0.29) is 5.91 Å². The second-order valence-electron chi connectivity index (χ2n) is 5.57. The minimum Gasteiger partial charge on any atom is -0.365 e. The molecule has 1 N–H and O–H groups in total. The zero-order valence-corrected chi connectivity index (χ0v) is 13.3. The van der Waals surface area contributed by atoms with Gasteiger partial charge >= 0.3 is 6.18 Å². The number of amides is 1. The molecule has 1 aromatic rings. The van der Waals surface area contributed by atoms with E-state index >= 15 is 0 Å². The molecule has 2 rings (SSSR count). The van der Waals surface area contributed by atoms with Crippen molar-refractivity contribution < 1.29 is 22.8 Å². The van der Waals surface area contributed by atoms with Gasteiger partial charge in [0.05, 0.1) is 0 Å². The first kappa shape index (κ1) is 18.0. The van der Waals surface area contributed by atoms with Gasteiger partial charge in [-0.2, -0.15) is 13.2 Å². The average Bonchev–Trinajstić information content (AvgIpc) is 3.00. The number of nitrogens with one attached hydrogen (secondary N) is 1. The standard InChI is InChI=1S/C17H19F3N2O2/c1-2-12-6-3-4-7-13(12)21-16(24)14-8-5-10-22(14)11-9-15(23)17(18,19)20/h3-4,6-7,9,11,14H,2,5,8,10H2,1H3,(H,21,24). The monoisotopic (exact) mass is 340 g/mol. The van der Waals surface area contributed by atoms with E-state index in [1.165, 1.54) is 4.90 Å². The highest BCUT2D eigenvalue weighted by Gasteiger charge is 2.37. The number of para-hydroxylation sites is 1. The van der Waals surface area contributed by atoms with Crippen LogP contribution in [0.3, 0.4) is 0 Å². The molecule has 1 unspecified atom stereocenters. The van der Waals surface area contributed by atoms with Gasteiger partial charge < -0.3 is 10.2 Å². The molecule has 24 heavy (non-hydrogen) atoms. The SMILES string of the molecule is CCc1ccccc1NC(=O)C1CCCN1C=CC(=O)C(F)(F)F.